The fourth-order valence-electron chi connectivity index (χ4n) is 4.79. The zero-order valence-electron chi connectivity index (χ0n) is 22.1. The maximum atomic E-state index is 14.5. The maximum absolute atomic E-state index is 14.5. The molecule has 2 aromatic rings. The fraction of sp³-hybridized carbons (Fsp3) is 0.536. The summed E-state index contributed by atoms with van der Waals surface area (Å²) in [6.07, 6.45) is -0.850. The standard InChI is InChI=1S/C28H41FN2O3Si/c1-27(2,3)33-26(32)31-19-17-30(18-20-31)22-23(21-29)34-35(28(4,5)6,24-13-9-7-10-14-24)25-15-11-8-12-16-25/h7-16,23H,17-22H2,1-6H3/t23-/m1/s1. The Kier molecular flexibility index (Phi) is 8.78. The Hall–Kier alpha value is -2.22. The number of nitrogens with zero attached hydrogens (tertiary/aromatic N) is 2. The van der Waals surface area contributed by atoms with E-state index < -0.39 is 26.7 Å². The number of rotatable bonds is 7. The topological polar surface area (TPSA) is 42.0 Å². The fourth-order valence-corrected chi connectivity index (χ4v) is 9.44. The van der Waals surface area contributed by atoms with Crippen LogP contribution in [-0.2, 0) is 9.16 Å². The highest BCUT2D eigenvalue weighted by Crippen LogP contribution is 2.37. The van der Waals surface area contributed by atoms with Gasteiger partial charge < -0.3 is 14.1 Å². The molecule has 1 saturated heterocycles. The Morgan fingerprint density at radius 3 is 1.77 bits per heavy atom. The van der Waals surface area contributed by atoms with Gasteiger partial charge in [-0.25, -0.2) is 9.18 Å². The Morgan fingerprint density at radius 2 is 1.37 bits per heavy atom. The van der Waals surface area contributed by atoms with Gasteiger partial charge in [0.2, 0.25) is 0 Å². The average Bonchev–Trinajstić information content (AvgIpc) is 2.81. The van der Waals surface area contributed by atoms with E-state index >= 15 is 0 Å². The second-order valence-electron chi connectivity index (χ2n) is 11.3. The predicted molar refractivity (Wildman–Crippen MR) is 143 cm³/mol. The third-order valence-corrected chi connectivity index (χ3v) is 11.5. The smallest absolute Gasteiger partial charge is 0.410 e. The van der Waals surface area contributed by atoms with Crippen LogP contribution in [0.2, 0.25) is 5.04 Å². The van der Waals surface area contributed by atoms with E-state index in [1.165, 1.54) is 0 Å². The van der Waals surface area contributed by atoms with Crippen LogP contribution in [-0.4, -0.2) is 75.3 Å². The number of carbonyl (C=O) groups is 1. The molecule has 0 aromatic heterocycles. The molecule has 192 valence electrons. The summed E-state index contributed by atoms with van der Waals surface area (Å²) in [6.45, 7) is 14.6. The van der Waals surface area contributed by atoms with Gasteiger partial charge in [0, 0.05) is 32.7 Å². The van der Waals surface area contributed by atoms with Crippen LogP contribution in [0.25, 0.3) is 0 Å². The molecule has 0 unspecified atom stereocenters. The summed E-state index contributed by atoms with van der Waals surface area (Å²) in [7, 11) is -2.83. The van der Waals surface area contributed by atoms with Crippen molar-refractivity contribution in [3.8, 4) is 0 Å². The molecule has 0 N–H and O–H groups in total. The first-order chi connectivity index (χ1) is 16.5. The Labute approximate surface area is 211 Å². The van der Waals surface area contributed by atoms with Crippen LogP contribution in [0.15, 0.2) is 60.7 Å². The van der Waals surface area contributed by atoms with Crippen LogP contribution in [0.5, 0.6) is 0 Å². The number of ether oxygens (including phenoxy) is 1. The van der Waals surface area contributed by atoms with Crippen LogP contribution in [0.4, 0.5) is 9.18 Å². The molecule has 1 aliphatic rings. The average molecular weight is 501 g/mol. The summed E-state index contributed by atoms with van der Waals surface area (Å²) in [5.74, 6) is 0. The highest BCUT2D eigenvalue weighted by molar-refractivity contribution is 6.99. The van der Waals surface area contributed by atoms with Crippen molar-refractivity contribution in [1.82, 2.24) is 9.80 Å². The lowest BCUT2D eigenvalue weighted by Crippen LogP contribution is -2.68. The molecule has 35 heavy (non-hydrogen) atoms. The second kappa shape index (κ2) is 11.2. The van der Waals surface area contributed by atoms with E-state index in [1.54, 1.807) is 4.90 Å². The summed E-state index contributed by atoms with van der Waals surface area (Å²) in [5, 5.41) is 2.08. The van der Waals surface area contributed by atoms with Crippen molar-refractivity contribution in [2.24, 2.45) is 0 Å². The van der Waals surface area contributed by atoms with Crippen molar-refractivity contribution in [1.29, 1.82) is 0 Å². The number of amides is 1. The number of halogens is 1. The number of hydrogen-bond acceptors (Lipinski definition) is 4. The third-order valence-electron chi connectivity index (χ3n) is 6.42. The van der Waals surface area contributed by atoms with Crippen molar-refractivity contribution in [2.45, 2.75) is 58.3 Å². The molecule has 1 aliphatic heterocycles. The van der Waals surface area contributed by atoms with Gasteiger partial charge in [0.05, 0.1) is 6.10 Å². The van der Waals surface area contributed by atoms with Gasteiger partial charge in [0.15, 0.2) is 0 Å². The zero-order chi connectivity index (χ0) is 25.7. The molecule has 0 bridgehead atoms. The van der Waals surface area contributed by atoms with Gasteiger partial charge in [0.1, 0.15) is 12.3 Å². The molecule has 0 aliphatic carbocycles. The molecule has 1 heterocycles. The lowest BCUT2D eigenvalue weighted by Gasteiger charge is -2.45. The van der Waals surface area contributed by atoms with Crippen LogP contribution in [0, 0.1) is 0 Å². The van der Waals surface area contributed by atoms with Gasteiger partial charge in [-0.05, 0) is 36.2 Å². The van der Waals surface area contributed by atoms with Gasteiger partial charge >= 0.3 is 6.09 Å². The molecule has 5 nitrogen and oxygen atoms in total. The molecule has 1 amide bonds. The van der Waals surface area contributed by atoms with Gasteiger partial charge in [-0.2, -0.15) is 0 Å². The summed E-state index contributed by atoms with van der Waals surface area (Å²) in [6, 6.07) is 20.7. The predicted octanol–water partition coefficient (Wildman–Crippen LogP) is 4.45. The molecule has 0 spiro atoms. The number of hydrogen-bond donors (Lipinski definition) is 0. The molecule has 7 heteroatoms. The first kappa shape index (κ1) is 27.4. The van der Waals surface area contributed by atoms with E-state index in [9.17, 15) is 9.18 Å². The second-order valence-corrected chi connectivity index (χ2v) is 15.6. The Bertz CT molecular complexity index is 897. The van der Waals surface area contributed by atoms with Crippen LogP contribution >= 0.6 is 0 Å². The Balaban J connectivity index is 1.80. The summed E-state index contributed by atoms with van der Waals surface area (Å²) >= 11 is 0. The molecular formula is C28H41FN2O3Si. The van der Waals surface area contributed by atoms with E-state index in [0.29, 0.717) is 32.7 Å². The molecule has 3 rings (SSSR count). The third kappa shape index (κ3) is 6.71. The van der Waals surface area contributed by atoms with Crippen molar-refractivity contribution in [3.63, 3.8) is 0 Å². The number of alkyl halides is 1. The molecule has 0 radical (unpaired) electrons. The van der Waals surface area contributed by atoms with Gasteiger partial charge in [-0.15, -0.1) is 0 Å². The largest absolute Gasteiger partial charge is 0.444 e. The Morgan fingerprint density at radius 1 is 0.886 bits per heavy atom. The molecule has 0 saturated carbocycles. The van der Waals surface area contributed by atoms with Gasteiger partial charge in [0.25, 0.3) is 8.32 Å². The highest BCUT2D eigenvalue weighted by atomic mass is 28.4. The highest BCUT2D eigenvalue weighted by Gasteiger charge is 2.51. The minimum Gasteiger partial charge on any atom is -0.444 e. The first-order valence-corrected chi connectivity index (χ1v) is 14.4. The molecule has 1 fully saturated rings. The SMILES string of the molecule is CC(C)(C)OC(=O)N1CCN(C[C@@H](CF)O[Si](c2ccccc2)(c2ccccc2)C(C)(C)C)CC1. The van der Waals surface area contributed by atoms with E-state index in [1.807, 2.05) is 57.2 Å². The maximum Gasteiger partial charge on any atom is 0.410 e. The normalized spacial score (nSPS) is 16.7. The van der Waals surface area contributed by atoms with Crippen LogP contribution in [0.3, 0.4) is 0 Å². The van der Waals surface area contributed by atoms with E-state index in [0.717, 1.165) is 10.4 Å². The summed E-state index contributed by atoms with van der Waals surface area (Å²) < 4.78 is 27.0. The lowest BCUT2D eigenvalue weighted by molar-refractivity contribution is 0.00980. The minimum atomic E-state index is -2.83. The quantitative estimate of drug-likeness (QED) is 0.527. The molecule has 1 atom stereocenters. The number of carbonyl (C=O) groups excluding carboxylic acids is 1. The lowest BCUT2D eigenvalue weighted by atomic mass is 10.2. The summed E-state index contributed by atoms with van der Waals surface area (Å²) in [4.78, 5) is 16.3. The van der Waals surface area contributed by atoms with E-state index in [-0.39, 0.29) is 11.1 Å². The summed E-state index contributed by atoms with van der Waals surface area (Å²) in [5.41, 5.74) is -0.517. The van der Waals surface area contributed by atoms with Gasteiger partial charge in [-0.3, -0.25) is 4.90 Å². The van der Waals surface area contributed by atoms with E-state index in [2.05, 4.69) is 49.9 Å². The number of piperazine rings is 1. The van der Waals surface area contributed by atoms with Crippen molar-refractivity contribution in [2.75, 3.05) is 39.4 Å². The molecular weight excluding hydrogens is 459 g/mol. The monoisotopic (exact) mass is 500 g/mol. The minimum absolute atomic E-state index is 0.210. The van der Waals surface area contributed by atoms with Crippen LogP contribution < -0.4 is 10.4 Å². The van der Waals surface area contributed by atoms with Crippen LogP contribution in [0.1, 0.15) is 41.5 Å². The number of benzene rings is 2. The molecule has 2 aromatic carbocycles. The van der Waals surface area contributed by atoms with Crippen molar-refractivity contribution < 1.29 is 18.3 Å². The first-order valence-electron chi connectivity index (χ1n) is 12.5. The van der Waals surface area contributed by atoms with Crippen molar-refractivity contribution in [3.05, 3.63) is 60.7 Å². The van der Waals surface area contributed by atoms with Gasteiger partial charge in [-0.1, -0.05) is 81.4 Å². The van der Waals surface area contributed by atoms with E-state index in [4.69, 9.17) is 9.16 Å². The zero-order valence-corrected chi connectivity index (χ0v) is 23.1. The van der Waals surface area contributed by atoms with Crippen molar-refractivity contribution >= 4 is 24.8 Å².